The van der Waals surface area contributed by atoms with Gasteiger partial charge in [0.25, 0.3) is 0 Å². The van der Waals surface area contributed by atoms with E-state index in [0.717, 1.165) is 17.2 Å². The molecule has 0 fully saturated rings. The molecule has 0 spiro atoms. The van der Waals surface area contributed by atoms with Gasteiger partial charge in [0, 0.05) is 17.0 Å². The standard InChI is InChI=1S/C18H15ClO/c1-20-18-11-8-14-4-2-3-5-16(14)17(18)12-13-6-9-15(19)10-7-13/h2-11H,12H2,1H3. The van der Waals surface area contributed by atoms with Crippen LogP contribution in [-0.2, 0) is 6.42 Å². The van der Waals surface area contributed by atoms with Gasteiger partial charge in [-0.3, -0.25) is 0 Å². The van der Waals surface area contributed by atoms with Crippen molar-refractivity contribution in [3.63, 3.8) is 0 Å². The number of rotatable bonds is 3. The molecule has 3 aromatic carbocycles. The Hall–Kier alpha value is -1.99. The molecule has 0 heterocycles. The van der Waals surface area contributed by atoms with E-state index >= 15 is 0 Å². The van der Waals surface area contributed by atoms with E-state index in [1.165, 1.54) is 21.9 Å². The molecule has 0 bridgehead atoms. The Balaban J connectivity index is 2.11. The van der Waals surface area contributed by atoms with Crippen molar-refractivity contribution < 1.29 is 4.74 Å². The molecular weight excluding hydrogens is 268 g/mol. The third-order valence-corrected chi connectivity index (χ3v) is 3.76. The largest absolute Gasteiger partial charge is 0.496 e. The summed E-state index contributed by atoms with van der Waals surface area (Å²) in [6, 6.07) is 20.5. The lowest BCUT2D eigenvalue weighted by Crippen LogP contribution is -1.95. The molecule has 100 valence electrons. The lowest BCUT2D eigenvalue weighted by Gasteiger charge is -2.12. The Morgan fingerprint density at radius 3 is 2.40 bits per heavy atom. The van der Waals surface area contributed by atoms with Crippen molar-refractivity contribution in [2.45, 2.75) is 6.42 Å². The first-order valence-corrected chi connectivity index (χ1v) is 6.95. The van der Waals surface area contributed by atoms with Gasteiger partial charge in [0.05, 0.1) is 7.11 Å². The maximum Gasteiger partial charge on any atom is 0.123 e. The summed E-state index contributed by atoms with van der Waals surface area (Å²) in [5.74, 6) is 0.929. The van der Waals surface area contributed by atoms with Crippen LogP contribution in [0.3, 0.4) is 0 Å². The number of methoxy groups -OCH3 is 1. The summed E-state index contributed by atoms with van der Waals surface area (Å²) in [5, 5.41) is 3.23. The minimum Gasteiger partial charge on any atom is -0.496 e. The quantitative estimate of drug-likeness (QED) is 0.650. The molecule has 0 saturated carbocycles. The summed E-state index contributed by atoms with van der Waals surface area (Å²) in [7, 11) is 1.72. The normalized spacial score (nSPS) is 10.7. The highest BCUT2D eigenvalue weighted by Crippen LogP contribution is 2.30. The number of fused-ring (bicyclic) bond motifs is 1. The molecule has 0 aliphatic rings. The van der Waals surface area contributed by atoms with Crippen molar-refractivity contribution in [1.82, 2.24) is 0 Å². The maximum atomic E-state index is 5.94. The van der Waals surface area contributed by atoms with Crippen LogP contribution in [0.5, 0.6) is 5.75 Å². The van der Waals surface area contributed by atoms with Crippen LogP contribution in [0.25, 0.3) is 10.8 Å². The minimum atomic E-state index is 0.763. The number of benzene rings is 3. The zero-order valence-electron chi connectivity index (χ0n) is 11.3. The van der Waals surface area contributed by atoms with Gasteiger partial charge >= 0.3 is 0 Å². The van der Waals surface area contributed by atoms with Crippen LogP contribution in [0, 0.1) is 0 Å². The van der Waals surface area contributed by atoms with E-state index in [0.29, 0.717) is 0 Å². The second-order valence-electron chi connectivity index (χ2n) is 4.77. The Bertz CT molecular complexity index is 732. The highest BCUT2D eigenvalue weighted by Gasteiger charge is 2.08. The highest BCUT2D eigenvalue weighted by atomic mass is 35.5. The smallest absolute Gasteiger partial charge is 0.123 e. The van der Waals surface area contributed by atoms with Crippen molar-refractivity contribution in [2.24, 2.45) is 0 Å². The summed E-state index contributed by atoms with van der Waals surface area (Å²) in [6.45, 7) is 0. The number of halogens is 1. The molecule has 0 N–H and O–H groups in total. The van der Waals surface area contributed by atoms with Gasteiger partial charge in [-0.15, -0.1) is 0 Å². The lowest BCUT2D eigenvalue weighted by atomic mass is 9.97. The predicted octanol–water partition coefficient (Wildman–Crippen LogP) is 5.09. The van der Waals surface area contributed by atoms with Crippen LogP contribution in [0.1, 0.15) is 11.1 Å². The van der Waals surface area contributed by atoms with Crippen molar-refractivity contribution in [1.29, 1.82) is 0 Å². The van der Waals surface area contributed by atoms with E-state index in [4.69, 9.17) is 16.3 Å². The predicted molar refractivity (Wildman–Crippen MR) is 84.8 cm³/mol. The summed E-state index contributed by atoms with van der Waals surface area (Å²) >= 11 is 5.94. The molecule has 0 aliphatic carbocycles. The first-order valence-electron chi connectivity index (χ1n) is 6.57. The van der Waals surface area contributed by atoms with Crippen molar-refractivity contribution in [2.75, 3.05) is 7.11 Å². The molecular formula is C18H15ClO. The molecule has 0 saturated heterocycles. The zero-order chi connectivity index (χ0) is 13.9. The third-order valence-electron chi connectivity index (χ3n) is 3.51. The van der Waals surface area contributed by atoms with E-state index < -0.39 is 0 Å². The van der Waals surface area contributed by atoms with Crippen molar-refractivity contribution in [3.05, 3.63) is 76.8 Å². The topological polar surface area (TPSA) is 9.23 Å². The van der Waals surface area contributed by atoms with Crippen LogP contribution < -0.4 is 4.74 Å². The molecule has 0 amide bonds. The van der Waals surface area contributed by atoms with Gasteiger partial charge < -0.3 is 4.74 Å². The number of hydrogen-bond acceptors (Lipinski definition) is 1. The van der Waals surface area contributed by atoms with Crippen LogP contribution in [0.4, 0.5) is 0 Å². The fourth-order valence-electron chi connectivity index (χ4n) is 2.50. The summed E-state index contributed by atoms with van der Waals surface area (Å²) in [6.07, 6.45) is 0.835. The summed E-state index contributed by atoms with van der Waals surface area (Å²) < 4.78 is 5.52. The van der Waals surface area contributed by atoms with Crippen molar-refractivity contribution in [3.8, 4) is 5.75 Å². The molecule has 2 heteroatoms. The van der Waals surface area contributed by atoms with E-state index in [2.05, 4.69) is 42.5 Å². The fourth-order valence-corrected chi connectivity index (χ4v) is 2.62. The number of ether oxygens (including phenoxy) is 1. The van der Waals surface area contributed by atoms with Crippen LogP contribution in [-0.4, -0.2) is 7.11 Å². The van der Waals surface area contributed by atoms with E-state index in [1.807, 2.05) is 18.2 Å². The van der Waals surface area contributed by atoms with E-state index in [1.54, 1.807) is 7.11 Å². The SMILES string of the molecule is COc1ccc2ccccc2c1Cc1ccc(Cl)cc1. The Morgan fingerprint density at radius 2 is 1.65 bits per heavy atom. The average Bonchev–Trinajstić information content (AvgIpc) is 2.50. The summed E-state index contributed by atoms with van der Waals surface area (Å²) in [5.41, 5.74) is 2.44. The van der Waals surface area contributed by atoms with Gasteiger partial charge in [0.15, 0.2) is 0 Å². The van der Waals surface area contributed by atoms with E-state index in [9.17, 15) is 0 Å². The van der Waals surface area contributed by atoms with Crippen molar-refractivity contribution >= 4 is 22.4 Å². The minimum absolute atomic E-state index is 0.763. The van der Waals surface area contributed by atoms with Crippen LogP contribution >= 0.6 is 11.6 Å². The third kappa shape index (κ3) is 2.50. The van der Waals surface area contributed by atoms with Gasteiger partial charge in [-0.25, -0.2) is 0 Å². The monoisotopic (exact) mass is 282 g/mol. The average molecular weight is 283 g/mol. The molecule has 20 heavy (non-hydrogen) atoms. The molecule has 3 aromatic rings. The van der Waals surface area contributed by atoms with Gasteiger partial charge in [0.1, 0.15) is 5.75 Å². The zero-order valence-corrected chi connectivity index (χ0v) is 12.0. The molecule has 3 rings (SSSR count). The molecule has 0 unspecified atom stereocenters. The first-order chi connectivity index (χ1) is 9.78. The van der Waals surface area contributed by atoms with Crippen LogP contribution in [0.2, 0.25) is 5.02 Å². The number of hydrogen-bond donors (Lipinski definition) is 0. The summed E-state index contributed by atoms with van der Waals surface area (Å²) in [4.78, 5) is 0. The van der Waals surface area contributed by atoms with Gasteiger partial charge in [0.2, 0.25) is 0 Å². The highest BCUT2D eigenvalue weighted by molar-refractivity contribution is 6.30. The van der Waals surface area contributed by atoms with E-state index in [-0.39, 0.29) is 0 Å². The second-order valence-corrected chi connectivity index (χ2v) is 5.21. The van der Waals surface area contributed by atoms with Gasteiger partial charge in [-0.05, 0) is 34.5 Å². The Kier molecular flexibility index (Phi) is 3.62. The molecule has 0 aliphatic heterocycles. The molecule has 0 aromatic heterocycles. The second kappa shape index (κ2) is 5.56. The first kappa shape index (κ1) is 13.0. The Morgan fingerprint density at radius 1 is 0.900 bits per heavy atom. The lowest BCUT2D eigenvalue weighted by molar-refractivity contribution is 0.411. The molecule has 1 nitrogen and oxygen atoms in total. The molecule has 0 atom stereocenters. The Labute approximate surface area is 123 Å². The molecule has 0 radical (unpaired) electrons. The fraction of sp³-hybridized carbons (Fsp3) is 0.111. The van der Waals surface area contributed by atoms with Crippen LogP contribution in [0.15, 0.2) is 60.7 Å². The van der Waals surface area contributed by atoms with Gasteiger partial charge in [-0.1, -0.05) is 54.1 Å². The van der Waals surface area contributed by atoms with Gasteiger partial charge in [-0.2, -0.15) is 0 Å². The maximum absolute atomic E-state index is 5.94.